The highest BCUT2D eigenvalue weighted by Gasteiger charge is 2.27. The summed E-state index contributed by atoms with van der Waals surface area (Å²) in [5.74, 6) is 0.890. The summed E-state index contributed by atoms with van der Waals surface area (Å²) in [5.41, 5.74) is 1.29. The Bertz CT molecular complexity index is 694. The van der Waals surface area contributed by atoms with Gasteiger partial charge in [0.05, 0.1) is 13.7 Å². The molecule has 7 heteroatoms. The molecule has 2 heterocycles. The lowest BCUT2D eigenvalue weighted by Gasteiger charge is -2.17. The molecule has 1 saturated heterocycles. The van der Waals surface area contributed by atoms with E-state index in [1.165, 1.54) is 12.7 Å². The molecule has 1 aliphatic rings. The predicted octanol–water partition coefficient (Wildman–Crippen LogP) is 2.28. The number of hydrogen-bond acceptors (Lipinski definition) is 5. The van der Waals surface area contributed by atoms with Gasteiger partial charge in [-0.2, -0.15) is 0 Å². The number of hydrogen-bond donors (Lipinski definition) is 1. The van der Waals surface area contributed by atoms with Gasteiger partial charge < -0.3 is 19.7 Å². The molecule has 0 aliphatic carbocycles. The summed E-state index contributed by atoms with van der Waals surface area (Å²) >= 11 is 0. The van der Waals surface area contributed by atoms with Gasteiger partial charge in [-0.1, -0.05) is 30.3 Å². The van der Waals surface area contributed by atoms with Crippen LogP contribution < -0.4 is 14.8 Å². The first-order valence-corrected chi connectivity index (χ1v) is 8.85. The number of urea groups is 1. The van der Waals surface area contributed by atoms with Crippen molar-refractivity contribution in [2.24, 2.45) is 0 Å². The highest BCUT2D eigenvalue weighted by atomic mass is 16.5. The van der Waals surface area contributed by atoms with Gasteiger partial charge in [0.2, 0.25) is 11.8 Å². The molecule has 0 bridgehead atoms. The van der Waals surface area contributed by atoms with Crippen molar-refractivity contribution >= 4 is 6.03 Å². The second kappa shape index (κ2) is 9.03. The van der Waals surface area contributed by atoms with Crippen LogP contribution in [0.15, 0.2) is 42.5 Å². The first kappa shape index (κ1) is 18.0. The van der Waals surface area contributed by atoms with Crippen LogP contribution in [-0.2, 0) is 6.42 Å². The molecule has 0 radical (unpaired) electrons. The van der Waals surface area contributed by atoms with E-state index < -0.39 is 0 Å². The van der Waals surface area contributed by atoms with Crippen molar-refractivity contribution in [2.45, 2.75) is 25.4 Å². The Balaban J connectivity index is 1.36. The van der Waals surface area contributed by atoms with E-state index in [9.17, 15) is 4.79 Å². The number of amides is 2. The zero-order chi connectivity index (χ0) is 18.2. The van der Waals surface area contributed by atoms with Crippen molar-refractivity contribution in [1.29, 1.82) is 0 Å². The first-order valence-electron chi connectivity index (χ1n) is 8.85. The molecule has 3 rings (SSSR count). The monoisotopic (exact) mass is 356 g/mol. The van der Waals surface area contributed by atoms with Crippen molar-refractivity contribution in [1.82, 2.24) is 20.4 Å². The van der Waals surface area contributed by atoms with E-state index in [0.717, 1.165) is 19.3 Å². The van der Waals surface area contributed by atoms with Crippen LogP contribution in [0.25, 0.3) is 0 Å². The molecular weight excluding hydrogens is 332 g/mol. The average molecular weight is 356 g/mol. The van der Waals surface area contributed by atoms with E-state index in [4.69, 9.17) is 9.47 Å². The molecule has 1 N–H and O–H groups in total. The molecule has 0 spiro atoms. The summed E-state index contributed by atoms with van der Waals surface area (Å²) in [6.45, 7) is 1.90. The minimum absolute atomic E-state index is 0.0371. The number of likely N-dealkylation sites (tertiary alicyclic amines) is 1. The highest BCUT2D eigenvalue weighted by molar-refractivity contribution is 5.74. The van der Waals surface area contributed by atoms with Crippen molar-refractivity contribution in [3.05, 3.63) is 48.0 Å². The molecule has 0 saturated carbocycles. The fourth-order valence-electron chi connectivity index (χ4n) is 2.90. The molecular formula is C19H24N4O3. The molecule has 1 aromatic heterocycles. The van der Waals surface area contributed by atoms with E-state index in [1.54, 1.807) is 17.0 Å². The van der Waals surface area contributed by atoms with Gasteiger partial charge in [-0.05, 0) is 18.4 Å². The van der Waals surface area contributed by atoms with Gasteiger partial charge in [-0.15, -0.1) is 10.2 Å². The summed E-state index contributed by atoms with van der Waals surface area (Å²) in [5, 5.41) is 10.8. The molecule has 7 nitrogen and oxygen atoms in total. The zero-order valence-corrected chi connectivity index (χ0v) is 14.9. The maximum absolute atomic E-state index is 12.3. The lowest BCUT2D eigenvalue weighted by Crippen LogP contribution is -2.39. The minimum Gasteiger partial charge on any atom is -0.480 e. The number of carbonyl (C=O) groups is 1. The summed E-state index contributed by atoms with van der Waals surface area (Å²) in [6.07, 6.45) is 2.60. The van der Waals surface area contributed by atoms with Crippen LogP contribution in [0.5, 0.6) is 11.8 Å². The third-order valence-electron chi connectivity index (χ3n) is 4.31. The van der Waals surface area contributed by atoms with Crippen LogP contribution >= 0.6 is 0 Å². The van der Waals surface area contributed by atoms with Crippen LogP contribution in [0.1, 0.15) is 18.4 Å². The normalized spacial score (nSPS) is 16.3. The quantitative estimate of drug-likeness (QED) is 0.770. The third-order valence-corrected chi connectivity index (χ3v) is 4.31. The van der Waals surface area contributed by atoms with Gasteiger partial charge in [-0.3, -0.25) is 0 Å². The lowest BCUT2D eigenvalue weighted by molar-refractivity contribution is 0.181. The van der Waals surface area contributed by atoms with E-state index >= 15 is 0 Å². The van der Waals surface area contributed by atoms with Gasteiger partial charge in [0.25, 0.3) is 0 Å². The van der Waals surface area contributed by atoms with Gasteiger partial charge in [0.1, 0.15) is 6.10 Å². The topological polar surface area (TPSA) is 76.6 Å². The smallest absolute Gasteiger partial charge is 0.317 e. The molecule has 1 aromatic carbocycles. The molecule has 1 aliphatic heterocycles. The number of benzene rings is 1. The van der Waals surface area contributed by atoms with Crippen LogP contribution in [0.4, 0.5) is 4.79 Å². The molecule has 2 aromatic rings. The van der Waals surface area contributed by atoms with Gasteiger partial charge in [0.15, 0.2) is 0 Å². The Morgan fingerprint density at radius 2 is 1.96 bits per heavy atom. The van der Waals surface area contributed by atoms with Crippen molar-refractivity contribution in [3.8, 4) is 11.8 Å². The summed E-state index contributed by atoms with van der Waals surface area (Å²) < 4.78 is 10.8. The number of methoxy groups -OCH3 is 1. The first-order chi connectivity index (χ1) is 12.7. The fourth-order valence-corrected chi connectivity index (χ4v) is 2.90. The number of nitrogens with one attached hydrogen (secondary N) is 1. The fraction of sp³-hybridized carbons (Fsp3) is 0.421. The molecule has 2 amide bonds. The number of aromatic nitrogens is 2. The number of ether oxygens (including phenoxy) is 2. The SMILES string of the molecule is COc1ccc(OC2CCN(C(=O)NCCCc3ccccc3)C2)nn1. The molecule has 1 unspecified atom stereocenters. The number of rotatable bonds is 7. The number of aryl methyl sites for hydroxylation is 1. The van der Waals surface area contributed by atoms with Crippen molar-refractivity contribution in [2.75, 3.05) is 26.7 Å². The summed E-state index contributed by atoms with van der Waals surface area (Å²) in [4.78, 5) is 14.0. The Morgan fingerprint density at radius 1 is 1.19 bits per heavy atom. The maximum atomic E-state index is 12.3. The van der Waals surface area contributed by atoms with Crippen molar-refractivity contribution in [3.63, 3.8) is 0 Å². The average Bonchev–Trinajstić information content (AvgIpc) is 3.15. The molecule has 26 heavy (non-hydrogen) atoms. The van der Waals surface area contributed by atoms with Crippen LogP contribution in [-0.4, -0.2) is 54.0 Å². The zero-order valence-electron chi connectivity index (χ0n) is 14.9. The lowest BCUT2D eigenvalue weighted by atomic mass is 10.1. The minimum atomic E-state index is -0.0623. The van der Waals surface area contributed by atoms with Crippen molar-refractivity contribution < 1.29 is 14.3 Å². The van der Waals surface area contributed by atoms with Crippen LogP contribution in [0, 0.1) is 0 Å². The Morgan fingerprint density at radius 3 is 2.69 bits per heavy atom. The van der Waals surface area contributed by atoms with E-state index in [2.05, 4.69) is 27.6 Å². The van der Waals surface area contributed by atoms with E-state index in [0.29, 0.717) is 31.4 Å². The van der Waals surface area contributed by atoms with E-state index in [1.807, 2.05) is 18.2 Å². The van der Waals surface area contributed by atoms with Crippen LogP contribution in [0.3, 0.4) is 0 Å². The second-order valence-electron chi connectivity index (χ2n) is 6.21. The maximum Gasteiger partial charge on any atom is 0.317 e. The molecule has 138 valence electrons. The van der Waals surface area contributed by atoms with Gasteiger partial charge in [-0.25, -0.2) is 4.79 Å². The summed E-state index contributed by atoms with van der Waals surface area (Å²) in [6, 6.07) is 13.7. The molecule has 1 atom stereocenters. The third kappa shape index (κ3) is 5.08. The number of carbonyl (C=O) groups excluding carboxylic acids is 1. The Labute approximate surface area is 153 Å². The predicted molar refractivity (Wildman–Crippen MR) is 97.4 cm³/mol. The van der Waals surface area contributed by atoms with Gasteiger partial charge in [0, 0.05) is 31.6 Å². The number of nitrogens with zero attached hydrogens (tertiary/aromatic N) is 3. The largest absolute Gasteiger partial charge is 0.480 e. The van der Waals surface area contributed by atoms with E-state index in [-0.39, 0.29) is 12.1 Å². The molecule has 1 fully saturated rings. The van der Waals surface area contributed by atoms with Crippen LogP contribution in [0.2, 0.25) is 0 Å². The standard InChI is InChI=1S/C19H24N4O3/c1-25-17-9-10-18(22-21-17)26-16-11-13-23(14-16)19(24)20-12-5-8-15-6-3-2-4-7-15/h2-4,6-7,9-10,16H,5,8,11-14H2,1H3,(H,20,24). The van der Waals surface area contributed by atoms with Gasteiger partial charge >= 0.3 is 6.03 Å². The Kier molecular flexibility index (Phi) is 6.24. The Hall–Kier alpha value is -2.83. The highest BCUT2D eigenvalue weighted by Crippen LogP contribution is 2.17. The summed E-state index contributed by atoms with van der Waals surface area (Å²) in [7, 11) is 1.54. The second-order valence-corrected chi connectivity index (χ2v) is 6.21.